The summed E-state index contributed by atoms with van der Waals surface area (Å²) in [4.78, 5) is 29.3. The van der Waals surface area contributed by atoms with Crippen LogP contribution in [-0.2, 0) is 4.79 Å². The molecule has 0 aliphatic carbocycles. The fourth-order valence-corrected chi connectivity index (χ4v) is 4.88. The minimum absolute atomic E-state index is 0.00433. The molecule has 1 aromatic heterocycles. The highest BCUT2D eigenvalue weighted by molar-refractivity contribution is 7.99. The normalized spacial score (nSPS) is 16.3. The number of thioether (sulfide) groups is 1. The number of hydrogen-bond acceptors (Lipinski definition) is 5. The molecular weight excluding hydrogens is 446 g/mol. The van der Waals surface area contributed by atoms with Crippen LogP contribution >= 0.6 is 23.4 Å². The average Bonchev–Trinajstić information content (AvgIpc) is 3.17. The first-order valence-corrected chi connectivity index (χ1v) is 11.7. The molecule has 0 radical (unpaired) electrons. The van der Waals surface area contributed by atoms with E-state index < -0.39 is 0 Å². The second-order valence-corrected chi connectivity index (χ2v) is 9.07. The first-order chi connectivity index (χ1) is 15.4. The Balaban J connectivity index is 1.38. The van der Waals surface area contributed by atoms with E-state index in [1.165, 1.54) is 11.8 Å². The van der Waals surface area contributed by atoms with E-state index in [1.807, 2.05) is 82.8 Å². The van der Waals surface area contributed by atoms with Crippen LogP contribution in [0.2, 0.25) is 5.02 Å². The Morgan fingerprint density at radius 2 is 1.88 bits per heavy atom. The zero-order chi connectivity index (χ0) is 22.7. The van der Waals surface area contributed by atoms with E-state index in [2.05, 4.69) is 10.2 Å². The van der Waals surface area contributed by atoms with Gasteiger partial charge in [-0.25, -0.2) is 0 Å². The highest BCUT2D eigenvalue weighted by Crippen LogP contribution is 2.24. The third-order valence-electron chi connectivity index (χ3n) is 5.45. The molecule has 1 saturated heterocycles. The number of aryl methyl sites for hydroxylation is 1. The van der Waals surface area contributed by atoms with Crippen molar-refractivity contribution in [2.75, 3.05) is 25.4 Å². The van der Waals surface area contributed by atoms with Gasteiger partial charge in [-0.3, -0.25) is 14.2 Å². The number of rotatable bonds is 5. The molecule has 1 fully saturated rings. The van der Waals surface area contributed by atoms with Crippen molar-refractivity contribution in [2.24, 2.45) is 0 Å². The van der Waals surface area contributed by atoms with Crippen molar-refractivity contribution >= 4 is 35.2 Å². The molecule has 1 aliphatic rings. The number of halogens is 1. The lowest BCUT2D eigenvalue weighted by Crippen LogP contribution is -2.55. The van der Waals surface area contributed by atoms with Crippen molar-refractivity contribution in [3.05, 3.63) is 71.0 Å². The number of amides is 2. The highest BCUT2D eigenvalue weighted by Gasteiger charge is 2.30. The standard InChI is InChI=1S/C23H24ClN5O2S/c1-16-14-27(11-12-28(16)22(31)18-7-4-3-5-8-18)21(30)15-32-23-26-25-17(2)29(23)20-10-6-9-19(24)13-20/h3-10,13,16H,11-12,14-15H2,1-2H3. The van der Waals surface area contributed by atoms with Crippen LogP contribution < -0.4 is 0 Å². The molecule has 0 N–H and O–H groups in total. The van der Waals surface area contributed by atoms with Gasteiger partial charge in [0.25, 0.3) is 5.91 Å². The average molecular weight is 470 g/mol. The molecule has 0 saturated carbocycles. The SMILES string of the molecule is Cc1nnc(SCC(=O)N2CCN(C(=O)c3ccccc3)C(C)C2)n1-c1cccc(Cl)c1. The zero-order valence-electron chi connectivity index (χ0n) is 17.9. The van der Waals surface area contributed by atoms with Crippen molar-refractivity contribution in [2.45, 2.75) is 25.0 Å². The van der Waals surface area contributed by atoms with Crippen LogP contribution in [0.3, 0.4) is 0 Å². The summed E-state index contributed by atoms with van der Waals surface area (Å²) < 4.78 is 1.89. The van der Waals surface area contributed by atoms with E-state index in [0.717, 1.165) is 11.5 Å². The summed E-state index contributed by atoms with van der Waals surface area (Å²) in [5, 5.41) is 9.66. The number of benzene rings is 2. The highest BCUT2D eigenvalue weighted by atomic mass is 35.5. The van der Waals surface area contributed by atoms with Gasteiger partial charge >= 0.3 is 0 Å². The van der Waals surface area contributed by atoms with Gasteiger partial charge in [0.15, 0.2) is 5.16 Å². The lowest BCUT2D eigenvalue weighted by atomic mass is 10.1. The molecule has 166 valence electrons. The van der Waals surface area contributed by atoms with Gasteiger partial charge in [0.05, 0.1) is 11.4 Å². The number of piperazine rings is 1. The monoisotopic (exact) mass is 469 g/mol. The minimum atomic E-state index is -0.0530. The molecule has 3 aromatic rings. The molecule has 1 atom stereocenters. The number of carbonyl (C=O) groups is 2. The smallest absolute Gasteiger partial charge is 0.254 e. The summed E-state index contributed by atoms with van der Waals surface area (Å²) in [6.07, 6.45) is 0. The third kappa shape index (κ3) is 4.81. The third-order valence-corrected chi connectivity index (χ3v) is 6.60. The molecule has 0 spiro atoms. The lowest BCUT2D eigenvalue weighted by Gasteiger charge is -2.40. The summed E-state index contributed by atoms with van der Waals surface area (Å²) >= 11 is 7.48. The molecule has 4 rings (SSSR count). The lowest BCUT2D eigenvalue weighted by molar-refractivity contribution is -0.130. The Morgan fingerprint density at radius 3 is 2.59 bits per heavy atom. The molecular formula is C23H24ClN5O2S. The number of aromatic nitrogens is 3. The molecule has 2 heterocycles. The molecule has 7 nitrogen and oxygen atoms in total. The molecule has 1 unspecified atom stereocenters. The predicted molar refractivity (Wildman–Crippen MR) is 125 cm³/mol. The molecule has 32 heavy (non-hydrogen) atoms. The quantitative estimate of drug-likeness (QED) is 0.533. The van der Waals surface area contributed by atoms with Crippen LogP contribution in [0.5, 0.6) is 0 Å². The Hall–Kier alpha value is -2.84. The van der Waals surface area contributed by atoms with Crippen LogP contribution in [0, 0.1) is 6.92 Å². The first-order valence-electron chi connectivity index (χ1n) is 10.4. The van der Waals surface area contributed by atoms with E-state index in [4.69, 9.17) is 11.6 Å². The summed E-state index contributed by atoms with van der Waals surface area (Å²) in [5.41, 5.74) is 1.53. The van der Waals surface area contributed by atoms with E-state index in [9.17, 15) is 9.59 Å². The largest absolute Gasteiger partial charge is 0.338 e. The summed E-state index contributed by atoms with van der Waals surface area (Å²) in [6.45, 7) is 5.39. The molecule has 0 bridgehead atoms. The van der Waals surface area contributed by atoms with Crippen LogP contribution in [0.15, 0.2) is 59.8 Å². The summed E-state index contributed by atoms with van der Waals surface area (Å²) in [6, 6.07) is 16.7. The summed E-state index contributed by atoms with van der Waals surface area (Å²) in [5.74, 6) is 0.999. The fourth-order valence-electron chi connectivity index (χ4n) is 3.80. The van der Waals surface area contributed by atoms with E-state index in [-0.39, 0.29) is 23.6 Å². The Kier molecular flexibility index (Phi) is 6.81. The van der Waals surface area contributed by atoms with Gasteiger partial charge in [0.2, 0.25) is 5.91 Å². The molecule has 1 aliphatic heterocycles. The van der Waals surface area contributed by atoms with Gasteiger partial charge in [0.1, 0.15) is 5.82 Å². The molecule has 9 heteroatoms. The van der Waals surface area contributed by atoms with Gasteiger partial charge in [-0.2, -0.15) is 0 Å². The second-order valence-electron chi connectivity index (χ2n) is 7.69. The second kappa shape index (κ2) is 9.75. The van der Waals surface area contributed by atoms with E-state index in [0.29, 0.717) is 35.4 Å². The van der Waals surface area contributed by atoms with Gasteiger partial charge in [0, 0.05) is 36.3 Å². The maximum atomic E-state index is 12.9. The number of hydrogen-bond donors (Lipinski definition) is 0. The van der Waals surface area contributed by atoms with Crippen molar-refractivity contribution in [3.8, 4) is 5.69 Å². The van der Waals surface area contributed by atoms with Crippen LogP contribution in [0.1, 0.15) is 23.1 Å². The van der Waals surface area contributed by atoms with Crippen molar-refractivity contribution in [3.63, 3.8) is 0 Å². The van der Waals surface area contributed by atoms with Crippen molar-refractivity contribution in [1.29, 1.82) is 0 Å². The first kappa shape index (κ1) is 22.4. The predicted octanol–water partition coefficient (Wildman–Crippen LogP) is 3.69. The minimum Gasteiger partial charge on any atom is -0.338 e. The maximum absolute atomic E-state index is 12.9. The number of nitrogens with zero attached hydrogens (tertiary/aromatic N) is 5. The fraction of sp³-hybridized carbons (Fsp3) is 0.304. The Bertz CT molecular complexity index is 1120. The topological polar surface area (TPSA) is 71.3 Å². The van der Waals surface area contributed by atoms with Crippen LogP contribution in [0.4, 0.5) is 0 Å². The van der Waals surface area contributed by atoms with Crippen molar-refractivity contribution < 1.29 is 9.59 Å². The van der Waals surface area contributed by atoms with Crippen LogP contribution in [0.25, 0.3) is 5.69 Å². The van der Waals surface area contributed by atoms with Gasteiger partial charge in [-0.1, -0.05) is 47.6 Å². The van der Waals surface area contributed by atoms with E-state index in [1.54, 1.807) is 0 Å². The van der Waals surface area contributed by atoms with Gasteiger partial charge in [-0.05, 0) is 44.2 Å². The Labute approximate surface area is 196 Å². The van der Waals surface area contributed by atoms with E-state index >= 15 is 0 Å². The summed E-state index contributed by atoms with van der Waals surface area (Å²) in [7, 11) is 0. The van der Waals surface area contributed by atoms with Gasteiger partial charge < -0.3 is 9.80 Å². The Morgan fingerprint density at radius 1 is 1.09 bits per heavy atom. The number of carbonyl (C=O) groups excluding carboxylic acids is 2. The molecule has 2 aromatic carbocycles. The molecule has 2 amide bonds. The zero-order valence-corrected chi connectivity index (χ0v) is 19.5. The van der Waals surface area contributed by atoms with Crippen LogP contribution in [-0.4, -0.2) is 67.8 Å². The maximum Gasteiger partial charge on any atom is 0.254 e. The van der Waals surface area contributed by atoms with Gasteiger partial charge in [-0.15, -0.1) is 10.2 Å². The van der Waals surface area contributed by atoms with Crippen molar-refractivity contribution in [1.82, 2.24) is 24.6 Å².